The zero-order valence-corrected chi connectivity index (χ0v) is 30.4. The molecular formula is C42H40N4O8. The van der Waals surface area contributed by atoms with Gasteiger partial charge in [0.1, 0.15) is 5.78 Å². The van der Waals surface area contributed by atoms with Crippen molar-refractivity contribution in [2.45, 2.75) is 51.3 Å². The van der Waals surface area contributed by atoms with Gasteiger partial charge in [0, 0.05) is 61.6 Å². The number of carbonyl (C=O) groups is 3. The summed E-state index contributed by atoms with van der Waals surface area (Å²) in [7, 11) is 3.08. The average molecular weight is 729 g/mol. The van der Waals surface area contributed by atoms with Gasteiger partial charge >= 0.3 is 0 Å². The highest BCUT2D eigenvalue weighted by molar-refractivity contribution is 6.16. The van der Waals surface area contributed by atoms with Crippen molar-refractivity contribution in [1.82, 2.24) is 0 Å². The Morgan fingerprint density at radius 1 is 0.704 bits per heavy atom. The first-order chi connectivity index (χ1) is 26.3. The lowest BCUT2D eigenvalue weighted by atomic mass is 10.1. The summed E-state index contributed by atoms with van der Waals surface area (Å²) in [6.45, 7) is 2.85. The van der Waals surface area contributed by atoms with Crippen LogP contribution in [0, 0.1) is 0 Å². The number of amides is 2. The SMILES string of the molecule is COc1cc2c(cc1OCCCOc1cc3c(cc1OC)C(=O)N1c4cc(COCCC(C)=O)ccc4C[C@H]1C=N3)N=C[C@@H]1Cc3ccccc3N1C2=O. The minimum absolute atomic E-state index is 0.0827. The first-order valence-electron chi connectivity index (χ1n) is 18.0. The van der Waals surface area contributed by atoms with Crippen LogP contribution in [0.4, 0.5) is 22.7 Å². The Kier molecular flexibility index (Phi) is 9.59. The molecule has 0 saturated heterocycles. The average Bonchev–Trinajstić information content (AvgIpc) is 3.66. The van der Waals surface area contributed by atoms with E-state index in [1.54, 1.807) is 48.1 Å². The summed E-state index contributed by atoms with van der Waals surface area (Å²) in [5.41, 5.74) is 6.73. The molecule has 8 rings (SSSR count). The Labute approximate surface area is 313 Å². The number of ketones is 1. The molecule has 0 aliphatic carbocycles. The number of methoxy groups -OCH3 is 2. The van der Waals surface area contributed by atoms with Crippen LogP contribution in [-0.2, 0) is 29.0 Å². The Morgan fingerprint density at radius 3 is 1.87 bits per heavy atom. The van der Waals surface area contributed by atoms with Crippen molar-refractivity contribution in [3.05, 3.63) is 94.5 Å². The van der Waals surface area contributed by atoms with E-state index < -0.39 is 0 Å². The first kappa shape index (κ1) is 35.0. The summed E-state index contributed by atoms with van der Waals surface area (Å²) in [5.74, 6) is 1.59. The minimum atomic E-state index is -0.232. The third-order valence-electron chi connectivity index (χ3n) is 10.1. The van der Waals surface area contributed by atoms with Crippen LogP contribution < -0.4 is 28.7 Å². The second kappa shape index (κ2) is 14.8. The first-order valence-corrected chi connectivity index (χ1v) is 18.0. The van der Waals surface area contributed by atoms with Gasteiger partial charge in [-0.25, -0.2) is 0 Å². The van der Waals surface area contributed by atoms with Crippen molar-refractivity contribution >= 4 is 52.8 Å². The molecule has 0 unspecified atom stereocenters. The number of fused-ring (bicyclic) bond motifs is 8. The van der Waals surface area contributed by atoms with Crippen LogP contribution in [0.5, 0.6) is 23.0 Å². The van der Waals surface area contributed by atoms with E-state index >= 15 is 0 Å². The van der Waals surface area contributed by atoms with Crippen molar-refractivity contribution in [3.63, 3.8) is 0 Å². The number of hydrogen-bond acceptors (Lipinski definition) is 10. The number of ether oxygens (including phenoxy) is 5. The molecule has 4 aliphatic rings. The predicted molar refractivity (Wildman–Crippen MR) is 204 cm³/mol. The monoisotopic (exact) mass is 728 g/mol. The number of benzene rings is 4. The Bertz CT molecular complexity index is 2210. The molecule has 2 atom stereocenters. The third kappa shape index (κ3) is 6.57. The van der Waals surface area contributed by atoms with E-state index in [4.69, 9.17) is 28.7 Å². The van der Waals surface area contributed by atoms with E-state index in [1.807, 2.05) is 54.9 Å². The largest absolute Gasteiger partial charge is 0.493 e. The topological polar surface area (TPSA) is 129 Å². The third-order valence-corrected chi connectivity index (χ3v) is 10.1. The van der Waals surface area contributed by atoms with Crippen molar-refractivity contribution in [1.29, 1.82) is 0 Å². The van der Waals surface area contributed by atoms with Crippen molar-refractivity contribution in [2.24, 2.45) is 9.98 Å². The lowest BCUT2D eigenvalue weighted by Crippen LogP contribution is -2.37. The molecule has 4 heterocycles. The van der Waals surface area contributed by atoms with Crippen LogP contribution in [0.15, 0.2) is 76.7 Å². The van der Waals surface area contributed by atoms with Gasteiger partial charge in [-0.3, -0.25) is 34.2 Å². The van der Waals surface area contributed by atoms with Gasteiger partial charge in [-0.2, -0.15) is 0 Å². The van der Waals surface area contributed by atoms with Crippen molar-refractivity contribution in [3.8, 4) is 23.0 Å². The molecular weight excluding hydrogens is 688 g/mol. The Morgan fingerprint density at radius 2 is 1.28 bits per heavy atom. The predicted octanol–water partition coefficient (Wildman–Crippen LogP) is 6.62. The van der Waals surface area contributed by atoms with E-state index in [1.165, 1.54) is 7.11 Å². The molecule has 276 valence electrons. The number of Topliss-reactive ketones (excluding diaryl/α,β-unsaturated/α-hetero) is 1. The van der Waals surface area contributed by atoms with E-state index in [0.717, 1.165) is 28.1 Å². The summed E-state index contributed by atoms with van der Waals surface area (Å²) < 4.78 is 29.3. The number of aliphatic imine (C=N–C) groups is 2. The van der Waals surface area contributed by atoms with Gasteiger partial charge < -0.3 is 23.7 Å². The van der Waals surface area contributed by atoms with Gasteiger partial charge in [-0.15, -0.1) is 0 Å². The number of rotatable bonds is 13. The number of nitrogens with zero attached hydrogens (tertiary/aromatic N) is 4. The van der Waals surface area contributed by atoms with E-state index in [0.29, 0.717) is 97.6 Å². The van der Waals surface area contributed by atoms with Gasteiger partial charge in [-0.1, -0.05) is 30.3 Å². The molecule has 0 aromatic heterocycles. The Balaban J connectivity index is 0.919. The van der Waals surface area contributed by atoms with Gasteiger partial charge in [0.15, 0.2) is 23.0 Å². The quantitative estimate of drug-likeness (QED) is 0.141. The zero-order valence-electron chi connectivity index (χ0n) is 30.4. The maximum atomic E-state index is 14.0. The lowest BCUT2D eigenvalue weighted by molar-refractivity contribution is -0.118. The van der Waals surface area contributed by atoms with Crippen LogP contribution in [0.25, 0.3) is 0 Å². The van der Waals surface area contributed by atoms with E-state index in [-0.39, 0.29) is 29.7 Å². The number of para-hydroxylation sites is 1. The summed E-state index contributed by atoms with van der Waals surface area (Å²) in [6, 6.07) is 20.4. The van der Waals surface area contributed by atoms with Crippen LogP contribution in [-0.4, -0.2) is 76.2 Å². The molecule has 0 N–H and O–H groups in total. The number of carbonyl (C=O) groups excluding carboxylic acids is 3. The highest BCUT2D eigenvalue weighted by Gasteiger charge is 2.38. The maximum absolute atomic E-state index is 14.0. The molecule has 12 nitrogen and oxygen atoms in total. The second-order valence-electron chi connectivity index (χ2n) is 13.6. The van der Waals surface area contributed by atoms with Crippen LogP contribution >= 0.6 is 0 Å². The molecule has 0 saturated carbocycles. The minimum Gasteiger partial charge on any atom is -0.493 e. The van der Waals surface area contributed by atoms with Crippen LogP contribution in [0.3, 0.4) is 0 Å². The van der Waals surface area contributed by atoms with Crippen LogP contribution in [0.1, 0.15) is 57.2 Å². The molecule has 54 heavy (non-hydrogen) atoms. The summed E-state index contributed by atoms with van der Waals surface area (Å²) >= 11 is 0. The summed E-state index contributed by atoms with van der Waals surface area (Å²) in [5, 5.41) is 0. The van der Waals surface area contributed by atoms with Gasteiger partial charge in [0.05, 0.1) is 75.2 Å². The maximum Gasteiger partial charge on any atom is 0.261 e. The highest BCUT2D eigenvalue weighted by atomic mass is 16.5. The summed E-state index contributed by atoms with van der Waals surface area (Å²) in [4.78, 5) is 52.0. The highest BCUT2D eigenvalue weighted by Crippen LogP contribution is 2.43. The summed E-state index contributed by atoms with van der Waals surface area (Å²) in [6.07, 6.45) is 5.89. The van der Waals surface area contributed by atoms with Crippen LogP contribution in [0.2, 0.25) is 0 Å². The lowest BCUT2D eigenvalue weighted by Gasteiger charge is -2.22. The van der Waals surface area contributed by atoms with Gasteiger partial charge in [0.2, 0.25) is 0 Å². The molecule has 0 bridgehead atoms. The molecule has 0 fully saturated rings. The van der Waals surface area contributed by atoms with Crippen molar-refractivity contribution in [2.75, 3.05) is 43.8 Å². The van der Waals surface area contributed by atoms with Crippen molar-refractivity contribution < 1.29 is 38.1 Å². The molecule has 4 aromatic rings. The van der Waals surface area contributed by atoms with E-state index in [9.17, 15) is 14.4 Å². The molecule has 4 aliphatic heterocycles. The Hall–Kier alpha value is -6.01. The normalized spacial score (nSPS) is 17.5. The van der Waals surface area contributed by atoms with Gasteiger partial charge in [-0.05, 0) is 47.9 Å². The standard InChI is InChI=1S/C42H40N4O8/c1-25(47)11-14-52-24-26-9-10-28-17-30-23-44-34-21-40(38(51-3)19-32(34)42(49)46(30)36(28)15-26)54-13-6-12-53-39-20-33-31(18-37(39)50-2)41(48)45-29(22-43-33)16-27-7-4-5-8-35(27)45/h4-5,7-10,15,18-23,29-30H,6,11-14,16-17,24H2,1-3H3/t29-,30-/m0/s1. The molecule has 12 heteroatoms. The molecule has 2 amide bonds. The molecule has 0 radical (unpaired) electrons. The fraction of sp³-hybridized carbons (Fsp3) is 0.310. The second-order valence-corrected chi connectivity index (χ2v) is 13.6. The number of hydrogen-bond donors (Lipinski definition) is 0. The zero-order chi connectivity index (χ0) is 37.3. The molecule has 4 aromatic carbocycles. The fourth-order valence-corrected chi connectivity index (χ4v) is 7.38. The van der Waals surface area contributed by atoms with Gasteiger partial charge in [0.25, 0.3) is 11.8 Å². The fourth-order valence-electron chi connectivity index (χ4n) is 7.38. The van der Waals surface area contributed by atoms with E-state index in [2.05, 4.69) is 4.99 Å². The molecule has 0 spiro atoms. The smallest absolute Gasteiger partial charge is 0.261 e. The number of anilines is 2.